The number of rotatable bonds is 4. The fourth-order valence-electron chi connectivity index (χ4n) is 4.45. The summed E-state index contributed by atoms with van der Waals surface area (Å²) in [6.45, 7) is 5.86. The van der Waals surface area contributed by atoms with E-state index in [1.165, 1.54) is 0 Å². The number of amides is 1. The van der Waals surface area contributed by atoms with Gasteiger partial charge in [0.2, 0.25) is 0 Å². The van der Waals surface area contributed by atoms with Crippen LogP contribution in [0.1, 0.15) is 15.9 Å². The van der Waals surface area contributed by atoms with Crippen LogP contribution in [0.15, 0.2) is 79.1 Å². The first-order chi connectivity index (χ1) is 16.1. The highest BCUT2D eigenvalue weighted by Gasteiger charge is 2.19. The minimum Gasteiger partial charge on any atom is -0.367 e. The normalized spacial score (nSPS) is 14.4. The van der Waals surface area contributed by atoms with Crippen LogP contribution in [0.3, 0.4) is 0 Å². The van der Waals surface area contributed by atoms with Crippen LogP contribution in [0.4, 0.5) is 11.4 Å². The van der Waals surface area contributed by atoms with E-state index in [-0.39, 0.29) is 5.91 Å². The summed E-state index contributed by atoms with van der Waals surface area (Å²) in [5, 5.41) is 5.46. The monoisotopic (exact) mass is 436 g/mol. The van der Waals surface area contributed by atoms with Crippen LogP contribution in [-0.2, 0) is 0 Å². The molecule has 1 aliphatic rings. The van der Waals surface area contributed by atoms with Crippen molar-refractivity contribution in [1.82, 2.24) is 9.88 Å². The van der Waals surface area contributed by atoms with Crippen LogP contribution in [0.2, 0.25) is 0 Å². The Bertz CT molecular complexity index is 1300. The van der Waals surface area contributed by atoms with Crippen molar-refractivity contribution in [1.29, 1.82) is 0 Å². The summed E-state index contributed by atoms with van der Waals surface area (Å²) in [5.74, 6) is -0.0951. The van der Waals surface area contributed by atoms with E-state index in [4.69, 9.17) is 0 Å². The lowest BCUT2D eigenvalue weighted by molar-refractivity contribution is 0.102. The molecule has 1 aromatic heterocycles. The summed E-state index contributed by atoms with van der Waals surface area (Å²) in [6, 6.07) is 22.3. The van der Waals surface area contributed by atoms with E-state index in [0.29, 0.717) is 5.56 Å². The third-order valence-electron chi connectivity index (χ3n) is 6.35. The van der Waals surface area contributed by atoms with Crippen molar-refractivity contribution >= 4 is 28.1 Å². The first kappa shape index (κ1) is 21.2. The topological polar surface area (TPSA) is 48.5 Å². The summed E-state index contributed by atoms with van der Waals surface area (Å²) in [7, 11) is 2.15. The number of hydrogen-bond acceptors (Lipinski definition) is 4. The molecule has 0 unspecified atom stereocenters. The van der Waals surface area contributed by atoms with Gasteiger partial charge in [0.05, 0.1) is 11.4 Å². The zero-order valence-electron chi connectivity index (χ0n) is 19.1. The summed E-state index contributed by atoms with van der Waals surface area (Å²) < 4.78 is 0. The van der Waals surface area contributed by atoms with Gasteiger partial charge in [-0.15, -0.1) is 0 Å². The van der Waals surface area contributed by atoms with E-state index in [1.54, 1.807) is 0 Å². The van der Waals surface area contributed by atoms with E-state index in [9.17, 15) is 4.79 Å². The molecule has 0 spiro atoms. The van der Waals surface area contributed by atoms with E-state index < -0.39 is 0 Å². The van der Waals surface area contributed by atoms with Crippen LogP contribution >= 0.6 is 0 Å². The van der Waals surface area contributed by atoms with Crippen LogP contribution in [0.5, 0.6) is 0 Å². The van der Waals surface area contributed by atoms with Crippen molar-refractivity contribution in [2.45, 2.75) is 6.92 Å². The molecule has 1 amide bonds. The Hall–Kier alpha value is -3.70. The second kappa shape index (κ2) is 9.04. The van der Waals surface area contributed by atoms with Gasteiger partial charge in [0.1, 0.15) is 0 Å². The molecule has 0 saturated carbocycles. The predicted molar refractivity (Wildman–Crippen MR) is 136 cm³/mol. The predicted octanol–water partition coefficient (Wildman–Crippen LogP) is 5.21. The number of pyridine rings is 1. The average molecular weight is 437 g/mol. The molecule has 2 heterocycles. The maximum Gasteiger partial charge on any atom is 0.255 e. The molecule has 166 valence electrons. The third kappa shape index (κ3) is 4.45. The van der Waals surface area contributed by atoms with Gasteiger partial charge in [0, 0.05) is 55.1 Å². The standard InChI is InChI=1S/C28H28N4O/c1-20-6-5-8-22(16-20)28(33)30-26-17-21(10-11-27(26)32-14-12-31(2)13-15-32)25-19-29-18-23-7-3-4-9-24(23)25/h3-11,16-19H,12-15H2,1-2H3,(H,30,33). The molecule has 0 aliphatic carbocycles. The van der Waals surface area contributed by atoms with Gasteiger partial charge >= 0.3 is 0 Å². The third-order valence-corrected chi connectivity index (χ3v) is 6.35. The molecule has 1 N–H and O–H groups in total. The van der Waals surface area contributed by atoms with Gasteiger partial charge in [0.15, 0.2) is 0 Å². The molecule has 5 rings (SSSR count). The second-order valence-corrected chi connectivity index (χ2v) is 8.75. The minimum absolute atomic E-state index is 0.0951. The number of hydrogen-bond donors (Lipinski definition) is 1. The van der Waals surface area contributed by atoms with Crippen molar-refractivity contribution in [3.8, 4) is 11.1 Å². The van der Waals surface area contributed by atoms with Gasteiger partial charge in [-0.05, 0) is 49.2 Å². The van der Waals surface area contributed by atoms with Crippen LogP contribution in [-0.4, -0.2) is 49.0 Å². The number of nitrogens with one attached hydrogen (secondary N) is 1. The molecule has 33 heavy (non-hydrogen) atoms. The maximum absolute atomic E-state index is 13.2. The van der Waals surface area contributed by atoms with E-state index in [0.717, 1.165) is 65.0 Å². The Morgan fingerprint density at radius 3 is 2.55 bits per heavy atom. The first-order valence-corrected chi connectivity index (χ1v) is 11.4. The molecule has 4 aromatic rings. The molecule has 5 heteroatoms. The zero-order valence-corrected chi connectivity index (χ0v) is 19.1. The Morgan fingerprint density at radius 1 is 0.909 bits per heavy atom. The average Bonchev–Trinajstić information content (AvgIpc) is 2.84. The van der Waals surface area contributed by atoms with E-state index >= 15 is 0 Å². The second-order valence-electron chi connectivity index (χ2n) is 8.75. The molecule has 1 fully saturated rings. The highest BCUT2D eigenvalue weighted by molar-refractivity contribution is 6.07. The SMILES string of the molecule is Cc1cccc(C(=O)Nc2cc(-c3cncc4ccccc34)ccc2N2CCN(C)CC2)c1. The summed E-state index contributed by atoms with van der Waals surface area (Å²) in [4.78, 5) is 22.3. The van der Waals surface area contributed by atoms with Crippen LogP contribution in [0.25, 0.3) is 21.9 Å². The lowest BCUT2D eigenvalue weighted by Crippen LogP contribution is -2.44. The Balaban J connectivity index is 1.56. The van der Waals surface area contributed by atoms with Gasteiger partial charge in [-0.1, -0.05) is 48.0 Å². The number of carbonyl (C=O) groups excluding carboxylic acids is 1. The van der Waals surface area contributed by atoms with Gasteiger partial charge < -0.3 is 15.1 Å². The molecular formula is C28H28N4O. The summed E-state index contributed by atoms with van der Waals surface area (Å²) in [6.07, 6.45) is 3.79. The van der Waals surface area contributed by atoms with Crippen molar-refractivity contribution in [2.75, 3.05) is 43.4 Å². The molecule has 3 aromatic carbocycles. The molecule has 0 atom stereocenters. The van der Waals surface area contributed by atoms with Crippen molar-refractivity contribution in [3.63, 3.8) is 0 Å². The Morgan fingerprint density at radius 2 is 1.73 bits per heavy atom. The summed E-state index contributed by atoms with van der Waals surface area (Å²) in [5.41, 5.74) is 5.72. The number of aryl methyl sites for hydroxylation is 1. The lowest BCUT2D eigenvalue weighted by Gasteiger charge is -2.35. The van der Waals surface area contributed by atoms with Gasteiger partial charge in [-0.3, -0.25) is 9.78 Å². The number of likely N-dealkylation sites (N-methyl/N-ethyl adjacent to an activating group) is 1. The summed E-state index contributed by atoms with van der Waals surface area (Å²) >= 11 is 0. The molecule has 5 nitrogen and oxygen atoms in total. The number of benzene rings is 3. The lowest BCUT2D eigenvalue weighted by atomic mass is 9.99. The van der Waals surface area contributed by atoms with Gasteiger partial charge in [-0.2, -0.15) is 0 Å². The fraction of sp³-hybridized carbons (Fsp3) is 0.214. The van der Waals surface area contributed by atoms with Crippen molar-refractivity contribution in [3.05, 3.63) is 90.3 Å². The molecule has 0 radical (unpaired) electrons. The molecular weight excluding hydrogens is 408 g/mol. The molecule has 1 saturated heterocycles. The maximum atomic E-state index is 13.2. The molecule has 1 aliphatic heterocycles. The van der Waals surface area contributed by atoms with Crippen molar-refractivity contribution in [2.24, 2.45) is 0 Å². The van der Waals surface area contributed by atoms with E-state index in [2.05, 4.69) is 57.5 Å². The van der Waals surface area contributed by atoms with Gasteiger partial charge in [0.25, 0.3) is 5.91 Å². The van der Waals surface area contributed by atoms with Crippen LogP contribution < -0.4 is 10.2 Å². The Labute approximate surface area is 194 Å². The van der Waals surface area contributed by atoms with Crippen LogP contribution in [0, 0.1) is 6.92 Å². The van der Waals surface area contributed by atoms with Crippen molar-refractivity contribution < 1.29 is 4.79 Å². The minimum atomic E-state index is -0.0951. The number of carbonyl (C=O) groups is 1. The fourth-order valence-corrected chi connectivity index (χ4v) is 4.45. The number of aromatic nitrogens is 1. The number of fused-ring (bicyclic) bond motifs is 1. The largest absolute Gasteiger partial charge is 0.367 e. The first-order valence-electron chi connectivity index (χ1n) is 11.4. The highest BCUT2D eigenvalue weighted by Crippen LogP contribution is 2.35. The highest BCUT2D eigenvalue weighted by atomic mass is 16.1. The molecule has 0 bridgehead atoms. The zero-order chi connectivity index (χ0) is 22.8. The van der Waals surface area contributed by atoms with E-state index in [1.807, 2.05) is 55.7 Å². The number of nitrogens with zero attached hydrogens (tertiary/aromatic N) is 3. The Kier molecular flexibility index (Phi) is 5.80. The van der Waals surface area contributed by atoms with Gasteiger partial charge in [-0.25, -0.2) is 0 Å². The quantitative estimate of drug-likeness (QED) is 0.477. The number of anilines is 2. The number of piperazine rings is 1. The smallest absolute Gasteiger partial charge is 0.255 e.